The monoisotopic (exact) mass is 371 g/mol. The van der Waals surface area contributed by atoms with Gasteiger partial charge in [0.05, 0.1) is 12.0 Å². The van der Waals surface area contributed by atoms with Crippen molar-refractivity contribution in [1.82, 2.24) is 5.32 Å². The van der Waals surface area contributed by atoms with Gasteiger partial charge in [-0.05, 0) is 24.7 Å². The molecule has 0 aliphatic heterocycles. The minimum Gasteiger partial charge on any atom is -0.462 e. The lowest BCUT2D eigenvalue weighted by molar-refractivity contribution is -0.152. The van der Waals surface area contributed by atoms with Gasteiger partial charge in [-0.3, -0.25) is 4.79 Å². The first-order chi connectivity index (χ1) is 12.3. The van der Waals surface area contributed by atoms with E-state index in [1.165, 1.54) is 0 Å². The van der Waals surface area contributed by atoms with E-state index in [-0.39, 0.29) is 37.7 Å². The van der Waals surface area contributed by atoms with Gasteiger partial charge in [0.1, 0.15) is 19.8 Å². The molecule has 0 aromatic rings. The zero-order chi connectivity index (χ0) is 20.2. The molecule has 1 saturated carbocycles. The second-order valence-electron chi connectivity index (χ2n) is 6.43. The number of rotatable bonds is 10. The molecule has 1 N–H and O–H groups in total. The maximum absolute atomic E-state index is 12.2. The highest BCUT2D eigenvalue weighted by Gasteiger charge is 2.58. The van der Waals surface area contributed by atoms with Crippen molar-refractivity contribution in [3.05, 3.63) is 12.7 Å². The molecule has 0 aromatic heterocycles. The van der Waals surface area contributed by atoms with Crippen molar-refractivity contribution in [2.75, 3.05) is 26.4 Å². The zero-order valence-electron chi connectivity index (χ0n) is 16.6. The summed E-state index contributed by atoms with van der Waals surface area (Å²) in [5.74, 6) is 0.0142. The van der Waals surface area contributed by atoms with E-state index in [1.54, 1.807) is 0 Å². The van der Waals surface area contributed by atoms with E-state index in [0.29, 0.717) is 11.8 Å². The Morgan fingerprint density at radius 1 is 1.15 bits per heavy atom. The van der Waals surface area contributed by atoms with Gasteiger partial charge in [0.15, 0.2) is 0 Å². The van der Waals surface area contributed by atoms with Crippen LogP contribution in [0.25, 0.3) is 0 Å². The molecule has 2 unspecified atom stereocenters. The van der Waals surface area contributed by atoms with Crippen molar-refractivity contribution in [2.45, 2.75) is 47.5 Å². The number of esters is 2. The number of ether oxygens (including phenoxy) is 3. The van der Waals surface area contributed by atoms with E-state index in [4.69, 9.17) is 9.47 Å². The van der Waals surface area contributed by atoms with Gasteiger partial charge in [-0.15, -0.1) is 0 Å². The van der Waals surface area contributed by atoms with Crippen LogP contribution in [0.4, 0.5) is 4.79 Å². The predicted octanol–water partition coefficient (Wildman–Crippen LogP) is 3.08. The molecule has 1 amide bonds. The van der Waals surface area contributed by atoms with E-state index in [9.17, 15) is 14.4 Å². The fourth-order valence-electron chi connectivity index (χ4n) is 2.70. The minimum atomic E-state index is -0.655. The van der Waals surface area contributed by atoms with Crippen molar-refractivity contribution in [3.8, 4) is 0 Å². The molecule has 150 valence electrons. The number of nitrogens with one attached hydrogen (secondary N) is 1. The van der Waals surface area contributed by atoms with Crippen LogP contribution >= 0.6 is 0 Å². The average Bonchev–Trinajstić information content (AvgIpc) is 3.26. The number of carbonyl (C=O) groups is 3. The van der Waals surface area contributed by atoms with Crippen LogP contribution in [0, 0.1) is 17.3 Å². The molecular weight excluding hydrogens is 338 g/mol. The summed E-state index contributed by atoms with van der Waals surface area (Å²) < 4.78 is 14.8. The van der Waals surface area contributed by atoms with Crippen LogP contribution in [0.15, 0.2) is 12.7 Å². The predicted molar refractivity (Wildman–Crippen MR) is 98.5 cm³/mol. The Morgan fingerprint density at radius 3 is 2.23 bits per heavy atom. The number of carbonyl (C=O) groups excluding carboxylic acids is 3. The van der Waals surface area contributed by atoms with Gasteiger partial charge in [0.25, 0.3) is 0 Å². The summed E-state index contributed by atoms with van der Waals surface area (Å²) in [5.41, 5.74) is -0.356. The highest BCUT2D eigenvalue weighted by molar-refractivity contribution is 5.81. The van der Waals surface area contributed by atoms with Crippen molar-refractivity contribution < 1.29 is 28.6 Å². The lowest BCUT2D eigenvalue weighted by atomic mass is 9.92. The molecule has 1 fully saturated rings. The van der Waals surface area contributed by atoms with Gasteiger partial charge in [-0.2, -0.15) is 0 Å². The van der Waals surface area contributed by atoms with Crippen molar-refractivity contribution in [3.63, 3.8) is 0 Å². The Hall–Kier alpha value is -2.05. The Bertz CT molecular complexity index is 477. The Kier molecular flexibility index (Phi) is 11.4. The maximum atomic E-state index is 12.2. The molecule has 2 atom stereocenters. The molecule has 1 aliphatic carbocycles. The molecule has 1 rings (SSSR count). The molecule has 0 bridgehead atoms. The second kappa shape index (κ2) is 12.3. The first-order valence-corrected chi connectivity index (χ1v) is 9.19. The molecular formula is C19H33NO6. The maximum Gasteiger partial charge on any atom is 0.407 e. The van der Waals surface area contributed by atoms with E-state index < -0.39 is 12.1 Å². The van der Waals surface area contributed by atoms with Gasteiger partial charge in [-0.25, -0.2) is 9.59 Å². The fraction of sp³-hybridized carbons (Fsp3) is 0.737. The Labute approximate surface area is 156 Å². The first kappa shape index (κ1) is 23.9. The molecule has 1 aliphatic rings. The number of alkyl carbamates (subject to hydrolysis) is 1. The van der Waals surface area contributed by atoms with Gasteiger partial charge < -0.3 is 19.5 Å². The fourth-order valence-corrected chi connectivity index (χ4v) is 2.70. The third kappa shape index (κ3) is 8.36. The van der Waals surface area contributed by atoms with E-state index >= 15 is 0 Å². The molecule has 0 saturated heterocycles. The van der Waals surface area contributed by atoms with Crippen LogP contribution in [-0.2, 0) is 23.8 Å². The summed E-state index contributed by atoms with van der Waals surface area (Å²) >= 11 is 0. The SMILES string of the molecule is C=CC(=O)OCCNC(=O)OCCOC(=O)C1(CC(C)C)CC1C.CC. The van der Waals surface area contributed by atoms with E-state index in [0.717, 1.165) is 18.9 Å². The molecule has 0 heterocycles. The summed E-state index contributed by atoms with van der Waals surface area (Å²) in [7, 11) is 0. The highest BCUT2D eigenvalue weighted by atomic mass is 16.6. The number of hydrogen-bond donors (Lipinski definition) is 1. The summed E-state index contributed by atoms with van der Waals surface area (Å²) in [6, 6.07) is 0. The van der Waals surface area contributed by atoms with Crippen molar-refractivity contribution in [1.29, 1.82) is 0 Å². The van der Waals surface area contributed by atoms with Gasteiger partial charge >= 0.3 is 18.0 Å². The molecule has 0 radical (unpaired) electrons. The number of hydrogen-bond acceptors (Lipinski definition) is 6. The standard InChI is InChI=1S/C17H27NO6.C2H6/c1-5-14(19)22-7-6-18-16(21)24-9-8-23-15(20)17(10-12(2)3)11-13(17)4;1-2/h5,12-13H,1,6-11H2,2-4H3,(H,18,21);1-2H3. The van der Waals surface area contributed by atoms with Crippen molar-refractivity contribution >= 4 is 18.0 Å². The topological polar surface area (TPSA) is 90.9 Å². The summed E-state index contributed by atoms with van der Waals surface area (Å²) in [6.45, 7) is 13.6. The van der Waals surface area contributed by atoms with Crippen LogP contribution in [0.1, 0.15) is 47.5 Å². The summed E-state index contributed by atoms with van der Waals surface area (Å²) in [6.07, 6.45) is 2.06. The zero-order valence-corrected chi connectivity index (χ0v) is 16.6. The van der Waals surface area contributed by atoms with E-state index in [1.807, 2.05) is 20.8 Å². The Morgan fingerprint density at radius 2 is 1.73 bits per heavy atom. The van der Waals surface area contributed by atoms with Crippen molar-refractivity contribution in [2.24, 2.45) is 17.3 Å². The molecule has 7 heteroatoms. The minimum absolute atomic E-state index is 0.0177. The first-order valence-electron chi connectivity index (χ1n) is 9.19. The Balaban J connectivity index is 0.00000301. The van der Waals surface area contributed by atoms with Gasteiger partial charge in [0.2, 0.25) is 0 Å². The normalized spacial score (nSPS) is 20.3. The smallest absolute Gasteiger partial charge is 0.407 e. The van der Waals surface area contributed by atoms with Crippen LogP contribution in [0.2, 0.25) is 0 Å². The average molecular weight is 371 g/mol. The lowest BCUT2D eigenvalue weighted by Crippen LogP contribution is -2.30. The second-order valence-corrected chi connectivity index (χ2v) is 6.43. The largest absolute Gasteiger partial charge is 0.462 e. The summed E-state index contributed by atoms with van der Waals surface area (Å²) in [4.78, 5) is 34.3. The summed E-state index contributed by atoms with van der Waals surface area (Å²) in [5, 5.41) is 2.41. The van der Waals surface area contributed by atoms with Crippen LogP contribution in [-0.4, -0.2) is 44.4 Å². The lowest BCUT2D eigenvalue weighted by Gasteiger charge is -2.17. The van der Waals surface area contributed by atoms with Crippen LogP contribution in [0.3, 0.4) is 0 Å². The molecule has 26 heavy (non-hydrogen) atoms. The third-order valence-corrected chi connectivity index (χ3v) is 3.96. The molecule has 0 spiro atoms. The highest BCUT2D eigenvalue weighted by Crippen LogP contribution is 2.57. The van der Waals surface area contributed by atoms with Gasteiger partial charge in [-0.1, -0.05) is 41.2 Å². The molecule has 0 aromatic carbocycles. The quantitative estimate of drug-likeness (QED) is 0.275. The van der Waals surface area contributed by atoms with E-state index in [2.05, 4.69) is 30.5 Å². The number of amides is 1. The van der Waals surface area contributed by atoms with Crippen LogP contribution in [0.5, 0.6) is 0 Å². The third-order valence-electron chi connectivity index (χ3n) is 3.96. The van der Waals surface area contributed by atoms with Gasteiger partial charge in [0, 0.05) is 6.08 Å². The van der Waals surface area contributed by atoms with Crippen LogP contribution < -0.4 is 5.32 Å². The molecule has 7 nitrogen and oxygen atoms in total.